The fourth-order valence-electron chi connectivity index (χ4n) is 2.26. The van der Waals surface area contributed by atoms with Gasteiger partial charge in [-0.1, -0.05) is 0 Å². The van der Waals surface area contributed by atoms with Gasteiger partial charge in [0.15, 0.2) is 17.5 Å². The molecular weight excluding hydrogens is 485 g/mol. The van der Waals surface area contributed by atoms with Crippen molar-refractivity contribution in [2.45, 2.75) is 39.5 Å². The SMILES string of the molecule is CCNC(=NCc1cc2c(cc1OC(F)F)OCO2)NCC(C)(C)N(C)C.I. The molecule has 1 aliphatic rings. The van der Waals surface area contributed by atoms with E-state index in [0.29, 0.717) is 36.1 Å². The normalized spacial score (nSPS) is 13.5. The minimum atomic E-state index is -2.93. The van der Waals surface area contributed by atoms with Crippen LogP contribution in [0, 0.1) is 0 Å². The Bertz CT molecular complexity index is 672. The lowest BCUT2D eigenvalue weighted by Gasteiger charge is -2.33. The highest BCUT2D eigenvalue weighted by atomic mass is 127. The first-order valence-electron chi connectivity index (χ1n) is 8.80. The zero-order valence-corrected chi connectivity index (χ0v) is 19.2. The number of nitrogens with one attached hydrogen (secondary N) is 2. The van der Waals surface area contributed by atoms with E-state index < -0.39 is 6.61 Å². The first-order chi connectivity index (χ1) is 12.7. The Morgan fingerprint density at radius 1 is 1.25 bits per heavy atom. The summed E-state index contributed by atoms with van der Waals surface area (Å²) in [6.45, 7) is 4.78. The third kappa shape index (κ3) is 6.80. The number of guanidine groups is 1. The van der Waals surface area contributed by atoms with Crippen LogP contribution in [0.5, 0.6) is 17.2 Å². The molecule has 1 heterocycles. The van der Waals surface area contributed by atoms with Gasteiger partial charge >= 0.3 is 6.61 Å². The largest absolute Gasteiger partial charge is 0.454 e. The number of fused-ring (bicyclic) bond motifs is 1. The number of ether oxygens (including phenoxy) is 3. The molecular formula is C18H29F2IN4O3. The molecule has 1 aromatic rings. The topological polar surface area (TPSA) is 67.4 Å². The van der Waals surface area contributed by atoms with E-state index in [4.69, 9.17) is 9.47 Å². The molecule has 28 heavy (non-hydrogen) atoms. The second-order valence-corrected chi connectivity index (χ2v) is 6.95. The lowest BCUT2D eigenvalue weighted by Crippen LogP contribution is -2.50. The second-order valence-electron chi connectivity index (χ2n) is 6.95. The van der Waals surface area contributed by atoms with Crippen molar-refractivity contribution in [3.8, 4) is 17.2 Å². The van der Waals surface area contributed by atoms with Gasteiger partial charge in [0.2, 0.25) is 6.79 Å². The molecule has 0 fully saturated rings. The molecule has 2 N–H and O–H groups in total. The average molecular weight is 514 g/mol. The Hall–Kier alpha value is -1.56. The molecule has 0 amide bonds. The monoisotopic (exact) mass is 514 g/mol. The Balaban J connectivity index is 0.00000392. The quantitative estimate of drug-likeness (QED) is 0.316. The number of hydrogen-bond acceptors (Lipinski definition) is 5. The first kappa shape index (κ1) is 24.5. The number of alkyl halides is 2. The van der Waals surface area contributed by atoms with E-state index >= 15 is 0 Å². The number of nitrogens with zero attached hydrogens (tertiary/aromatic N) is 2. The van der Waals surface area contributed by atoms with Gasteiger partial charge in [0.1, 0.15) is 5.75 Å². The number of halogens is 3. The number of aliphatic imine (C=N–C) groups is 1. The van der Waals surface area contributed by atoms with E-state index in [1.54, 1.807) is 6.07 Å². The maximum Gasteiger partial charge on any atom is 0.387 e. The van der Waals surface area contributed by atoms with E-state index in [-0.39, 0.29) is 48.6 Å². The average Bonchev–Trinajstić information content (AvgIpc) is 3.03. The van der Waals surface area contributed by atoms with Crippen molar-refractivity contribution in [1.29, 1.82) is 0 Å². The van der Waals surface area contributed by atoms with Crippen LogP contribution in [0.25, 0.3) is 0 Å². The van der Waals surface area contributed by atoms with Crippen LogP contribution < -0.4 is 24.8 Å². The molecule has 0 saturated heterocycles. The summed E-state index contributed by atoms with van der Waals surface area (Å²) in [5, 5.41) is 6.43. The third-order valence-corrected chi connectivity index (χ3v) is 4.42. The van der Waals surface area contributed by atoms with Crippen molar-refractivity contribution < 1.29 is 23.0 Å². The minimum Gasteiger partial charge on any atom is -0.454 e. The summed E-state index contributed by atoms with van der Waals surface area (Å²) in [5.41, 5.74) is 0.405. The predicted octanol–water partition coefficient (Wildman–Crippen LogP) is 3.03. The van der Waals surface area contributed by atoms with Crippen LogP contribution in [0.2, 0.25) is 0 Å². The zero-order chi connectivity index (χ0) is 20.0. The zero-order valence-electron chi connectivity index (χ0n) is 16.8. The fourth-order valence-corrected chi connectivity index (χ4v) is 2.26. The van der Waals surface area contributed by atoms with Crippen LogP contribution in [0.4, 0.5) is 8.78 Å². The van der Waals surface area contributed by atoms with Gasteiger partial charge in [-0.25, -0.2) is 4.99 Å². The van der Waals surface area contributed by atoms with Crippen molar-refractivity contribution in [2.24, 2.45) is 4.99 Å². The molecule has 0 aliphatic carbocycles. The van der Waals surface area contributed by atoms with Crippen molar-refractivity contribution >= 4 is 29.9 Å². The highest BCUT2D eigenvalue weighted by molar-refractivity contribution is 14.0. The maximum absolute atomic E-state index is 12.7. The van der Waals surface area contributed by atoms with Crippen molar-refractivity contribution in [3.63, 3.8) is 0 Å². The van der Waals surface area contributed by atoms with E-state index in [0.717, 1.165) is 0 Å². The van der Waals surface area contributed by atoms with Crippen molar-refractivity contribution in [2.75, 3.05) is 34.0 Å². The van der Waals surface area contributed by atoms with Crippen LogP contribution in [0.1, 0.15) is 26.3 Å². The summed E-state index contributed by atoms with van der Waals surface area (Å²) in [6, 6.07) is 3.03. The van der Waals surface area contributed by atoms with E-state index in [1.807, 2.05) is 21.0 Å². The van der Waals surface area contributed by atoms with Crippen LogP contribution in [0.15, 0.2) is 17.1 Å². The van der Waals surface area contributed by atoms with Crippen LogP contribution in [0.3, 0.4) is 0 Å². The molecule has 160 valence electrons. The summed E-state index contributed by atoms with van der Waals surface area (Å²) in [5.74, 6) is 1.50. The summed E-state index contributed by atoms with van der Waals surface area (Å²) < 4.78 is 40.7. The third-order valence-electron chi connectivity index (χ3n) is 4.42. The van der Waals surface area contributed by atoms with Crippen LogP contribution >= 0.6 is 24.0 Å². The van der Waals surface area contributed by atoms with E-state index in [1.165, 1.54) is 6.07 Å². The van der Waals surface area contributed by atoms with Crippen LogP contribution in [-0.4, -0.2) is 57.0 Å². The number of rotatable bonds is 8. The van der Waals surface area contributed by atoms with Gasteiger partial charge in [0.05, 0.1) is 6.54 Å². The van der Waals surface area contributed by atoms with Gasteiger partial charge in [-0.2, -0.15) is 8.78 Å². The van der Waals surface area contributed by atoms with Gasteiger partial charge in [-0.3, -0.25) is 0 Å². The Kier molecular flexibility index (Phi) is 9.48. The molecule has 0 unspecified atom stereocenters. The van der Waals surface area contributed by atoms with Crippen molar-refractivity contribution in [3.05, 3.63) is 17.7 Å². The smallest absolute Gasteiger partial charge is 0.387 e. The highest BCUT2D eigenvalue weighted by Gasteiger charge is 2.22. The number of benzene rings is 1. The lowest BCUT2D eigenvalue weighted by molar-refractivity contribution is -0.0505. The van der Waals surface area contributed by atoms with Gasteiger partial charge in [-0.05, 0) is 40.9 Å². The predicted molar refractivity (Wildman–Crippen MR) is 115 cm³/mol. The number of hydrogen-bond donors (Lipinski definition) is 2. The second kappa shape index (κ2) is 10.8. The maximum atomic E-state index is 12.7. The van der Waals surface area contributed by atoms with Gasteiger partial charge in [-0.15, -0.1) is 24.0 Å². The van der Waals surface area contributed by atoms with Gasteiger partial charge < -0.3 is 29.7 Å². The molecule has 0 atom stereocenters. The van der Waals surface area contributed by atoms with E-state index in [2.05, 4.69) is 39.1 Å². The van der Waals surface area contributed by atoms with Crippen molar-refractivity contribution in [1.82, 2.24) is 15.5 Å². The van der Waals surface area contributed by atoms with Gasteiger partial charge in [0.25, 0.3) is 0 Å². The standard InChI is InChI=1S/C18H28F2N4O3.HI/c1-6-21-17(23-10-18(2,3)24(4)5)22-9-12-7-14-15(26-11-25-14)8-13(12)27-16(19)20;/h7-8,16H,6,9-11H2,1-5H3,(H2,21,22,23);1H. The summed E-state index contributed by atoms with van der Waals surface area (Å²) in [4.78, 5) is 6.60. The summed E-state index contributed by atoms with van der Waals surface area (Å²) in [7, 11) is 4.01. The Morgan fingerprint density at radius 3 is 2.46 bits per heavy atom. The molecule has 0 aromatic heterocycles. The minimum absolute atomic E-state index is 0. The molecule has 0 spiro atoms. The Labute approximate surface area is 181 Å². The molecule has 2 rings (SSSR count). The molecule has 0 radical (unpaired) electrons. The first-order valence-corrected chi connectivity index (χ1v) is 8.80. The molecule has 1 aliphatic heterocycles. The van der Waals surface area contributed by atoms with Crippen LogP contribution in [-0.2, 0) is 6.54 Å². The Morgan fingerprint density at radius 2 is 1.89 bits per heavy atom. The molecule has 1 aromatic carbocycles. The molecule has 0 saturated carbocycles. The highest BCUT2D eigenvalue weighted by Crippen LogP contribution is 2.39. The summed E-state index contributed by atoms with van der Waals surface area (Å²) >= 11 is 0. The lowest BCUT2D eigenvalue weighted by atomic mass is 10.0. The van der Waals surface area contributed by atoms with E-state index in [9.17, 15) is 8.78 Å². The number of likely N-dealkylation sites (N-methyl/N-ethyl adjacent to an activating group) is 1. The molecule has 10 heteroatoms. The molecule has 7 nitrogen and oxygen atoms in total. The van der Waals surface area contributed by atoms with Gasteiger partial charge in [0, 0.05) is 30.3 Å². The molecule has 0 bridgehead atoms. The summed E-state index contributed by atoms with van der Waals surface area (Å²) in [6.07, 6.45) is 0. The fraction of sp³-hybridized carbons (Fsp3) is 0.611.